The van der Waals surface area contributed by atoms with E-state index in [0.29, 0.717) is 22.9 Å². The lowest BCUT2D eigenvalue weighted by molar-refractivity contribution is 0.101. The number of methoxy groups -OCH3 is 1. The van der Waals surface area contributed by atoms with Crippen molar-refractivity contribution in [2.24, 2.45) is 0 Å². The number of amides is 2. The van der Waals surface area contributed by atoms with Gasteiger partial charge in [-0.25, -0.2) is 9.97 Å². The molecule has 0 aliphatic heterocycles. The third-order valence-corrected chi connectivity index (χ3v) is 4.95. The maximum Gasteiger partial charge on any atom is 0.274 e. The summed E-state index contributed by atoms with van der Waals surface area (Å²) < 4.78 is 6.14. The summed E-state index contributed by atoms with van der Waals surface area (Å²) in [6, 6.07) is 19.3. The minimum absolute atomic E-state index is 0.212. The molecule has 0 spiro atoms. The van der Waals surface area contributed by atoms with Crippen molar-refractivity contribution in [2.45, 2.75) is 0 Å². The Hall–Kier alpha value is -3.78. The molecule has 0 aliphatic carbocycles. The molecule has 2 aromatic heterocycles. The second-order valence-corrected chi connectivity index (χ2v) is 7.50. The highest BCUT2D eigenvalue weighted by Gasteiger charge is 2.14. The van der Waals surface area contributed by atoms with Crippen LogP contribution >= 0.6 is 15.9 Å². The predicted molar refractivity (Wildman–Crippen MR) is 123 cm³/mol. The lowest BCUT2D eigenvalue weighted by atomic mass is 10.1. The monoisotopic (exact) mass is 476 g/mol. The molecule has 31 heavy (non-hydrogen) atoms. The van der Waals surface area contributed by atoms with Gasteiger partial charge in [0.2, 0.25) is 5.88 Å². The molecular formula is C23H17BrN4O3. The topological polar surface area (TPSA) is 93.2 Å². The molecule has 0 saturated heterocycles. The van der Waals surface area contributed by atoms with Gasteiger partial charge in [0.1, 0.15) is 11.5 Å². The number of nitrogens with zero attached hydrogens (tertiary/aromatic N) is 2. The van der Waals surface area contributed by atoms with Gasteiger partial charge in [-0.3, -0.25) is 9.59 Å². The summed E-state index contributed by atoms with van der Waals surface area (Å²) in [7, 11) is 1.51. The summed E-state index contributed by atoms with van der Waals surface area (Å²) in [6.07, 6.45) is 1.59. The standard InChI is InChI=1S/C23H17BrN4O3/c1-31-23-18-8-3-2-5-14(18)12-19(27-23)22(30)26-17-7-4-6-15(11-17)21(29)28-20-10-9-16(24)13-25-20/h2-13H,1H3,(H,26,30)(H,25,28,29). The van der Waals surface area contributed by atoms with Gasteiger partial charge in [-0.1, -0.05) is 24.3 Å². The molecule has 4 rings (SSSR count). The van der Waals surface area contributed by atoms with E-state index in [4.69, 9.17) is 4.74 Å². The van der Waals surface area contributed by atoms with Crippen LogP contribution < -0.4 is 15.4 Å². The molecule has 0 unspecified atom stereocenters. The number of pyridine rings is 2. The van der Waals surface area contributed by atoms with E-state index >= 15 is 0 Å². The van der Waals surface area contributed by atoms with Crippen molar-refractivity contribution < 1.29 is 14.3 Å². The number of anilines is 2. The molecule has 0 bridgehead atoms. The fourth-order valence-corrected chi connectivity index (χ4v) is 3.24. The first-order chi connectivity index (χ1) is 15.0. The average Bonchev–Trinajstić information content (AvgIpc) is 2.80. The van der Waals surface area contributed by atoms with E-state index in [1.54, 1.807) is 48.7 Å². The second-order valence-electron chi connectivity index (χ2n) is 6.59. The fourth-order valence-electron chi connectivity index (χ4n) is 3.01. The molecular weight excluding hydrogens is 460 g/mol. The van der Waals surface area contributed by atoms with Gasteiger partial charge < -0.3 is 15.4 Å². The van der Waals surface area contributed by atoms with Crippen LogP contribution in [0.4, 0.5) is 11.5 Å². The zero-order chi connectivity index (χ0) is 21.8. The molecule has 8 heteroatoms. The number of hydrogen-bond donors (Lipinski definition) is 2. The Morgan fingerprint density at radius 3 is 2.55 bits per heavy atom. The van der Waals surface area contributed by atoms with Crippen LogP contribution in [0.3, 0.4) is 0 Å². The van der Waals surface area contributed by atoms with Crippen LogP contribution in [0.5, 0.6) is 5.88 Å². The number of ether oxygens (including phenoxy) is 1. The minimum atomic E-state index is -0.406. The number of halogens is 1. The van der Waals surface area contributed by atoms with Gasteiger partial charge in [0.25, 0.3) is 11.8 Å². The fraction of sp³-hybridized carbons (Fsp3) is 0.0435. The van der Waals surface area contributed by atoms with Crippen LogP contribution in [0.15, 0.2) is 77.4 Å². The Kier molecular flexibility index (Phi) is 5.90. The van der Waals surface area contributed by atoms with Gasteiger partial charge >= 0.3 is 0 Å². The second kappa shape index (κ2) is 8.93. The van der Waals surface area contributed by atoms with Crippen molar-refractivity contribution in [3.05, 3.63) is 88.7 Å². The smallest absolute Gasteiger partial charge is 0.274 e. The molecule has 2 aromatic carbocycles. The molecule has 2 amide bonds. The van der Waals surface area contributed by atoms with Crippen molar-refractivity contribution >= 4 is 50.0 Å². The van der Waals surface area contributed by atoms with E-state index in [0.717, 1.165) is 15.2 Å². The summed E-state index contributed by atoms with van der Waals surface area (Å²) in [5.74, 6) is 0.0566. The molecule has 2 N–H and O–H groups in total. The van der Waals surface area contributed by atoms with Crippen LogP contribution in [0, 0.1) is 0 Å². The van der Waals surface area contributed by atoms with E-state index in [1.807, 2.05) is 24.3 Å². The van der Waals surface area contributed by atoms with Crippen LogP contribution in [-0.2, 0) is 0 Å². The van der Waals surface area contributed by atoms with Crippen molar-refractivity contribution in [2.75, 3.05) is 17.7 Å². The Bertz CT molecular complexity index is 1280. The number of carbonyl (C=O) groups is 2. The normalized spacial score (nSPS) is 10.5. The molecule has 4 aromatic rings. The highest BCUT2D eigenvalue weighted by atomic mass is 79.9. The largest absolute Gasteiger partial charge is 0.481 e. The highest BCUT2D eigenvalue weighted by molar-refractivity contribution is 9.10. The van der Waals surface area contributed by atoms with Crippen molar-refractivity contribution in [1.82, 2.24) is 9.97 Å². The number of nitrogens with one attached hydrogen (secondary N) is 2. The maximum absolute atomic E-state index is 12.8. The molecule has 0 fully saturated rings. The van der Waals surface area contributed by atoms with E-state index in [-0.39, 0.29) is 11.6 Å². The summed E-state index contributed by atoms with van der Waals surface area (Å²) in [5, 5.41) is 7.17. The van der Waals surface area contributed by atoms with Crippen molar-refractivity contribution in [3.63, 3.8) is 0 Å². The zero-order valence-electron chi connectivity index (χ0n) is 16.4. The lowest BCUT2D eigenvalue weighted by Crippen LogP contribution is -2.16. The third kappa shape index (κ3) is 4.70. The van der Waals surface area contributed by atoms with E-state index in [2.05, 4.69) is 36.5 Å². The first-order valence-electron chi connectivity index (χ1n) is 9.31. The molecule has 154 valence electrons. The SMILES string of the molecule is COc1nc(C(=O)Nc2cccc(C(=O)Nc3ccc(Br)cn3)c2)cc2ccccc12. The average molecular weight is 477 g/mol. The number of hydrogen-bond acceptors (Lipinski definition) is 5. The molecule has 2 heterocycles. The van der Waals surface area contributed by atoms with E-state index in [1.165, 1.54) is 7.11 Å². The molecule has 7 nitrogen and oxygen atoms in total. The zero-order valence-corrected chi connectivity index (χ0v) is 18.0. The lowest BCUT2D eigenvalue weighted by Gasteiger charge is -2.10. The summed E-state index contributed by atoms with van der Waals surface area (Å²) in [4.78, 5) is 33.8. The van der Waals surface area contributed by atoms with Crippen LogP contribution in [-0.4, -0.2) is 28.9 Å². The quantitative estimate of drug-likeness (QED) is 0.426. The van der Waals surface area contributed by atoms with Gasteiger partial charge in [-0.05, 0) is 63.8 Å². The van der Waals surface area contributed by atoms with Gasteiger partial charge in [-0.2, -0.15) is 0 Å². The third-order valence-electron chi connectivity index (χ3n) is 4.48. The first kappa shape index (κ1) is 20.5. The number of benzene rings is 2. The Morgan fingerprint density at radius 1 is 0.935 bits per heavy atom. The number of rotatable bonds is 5. The summed E-state index contributed by atoms with van der Waals surface area (Å²) >= 11 is 3.30. The highest BCUT2D eigenvalue weighted by Crippen LogP contribution is 2.24. The van der Waals surface area contributed by atoms with Crippen molar-refractivity contribution in [1.29, 1.82) is 0 Å². The van der Waals surface area contributed by atoms with Gasteiger partial charge in [0.15, 0.2) is 0 Å². The maximum atomic E-state index is 12.8. The Balaban J connectivity index is 1.53. The van der Waals surface area contributed by atoms with Gasteiger partial charge in [-0.15, -0.1) is 0 Å². The van der Waals surface area contributed by atoms with E-state index in [9.17, 15) is 9.59 Å². The first-order valence-corrected chi connectivity index (χ1v) is 10.1. The molecule has 0 saturated carbocycles. The van der Waals surface area contributed by atoms with Crippen LogP contribution in [0.1, 0.15) is 20.8 Å². The Labute approximate surface area is 186 Å². The van der Waals surface area contributed by atoms with Gasteiger partial charge in [0, 0.05) is 27.3 Å². The van der Waals surface area contributed by atoms with E-state index < -0.39 is 5.91 Å². The van der Waals surface area contributed by atoms with Crippen molar-refractivity contribution in [3.8, 4) is 5.88 Å². The number of carbonyl (C=O) groups excluding carboxylic acids is 2. The van der Waals surface area contributed by atoms with Crippen LogP contribution in [0.2, 0.25) is 0 Å². The summed E-state index contributed by atoms with van der Waals surface area (Å²) in [6.45, 7) is 0. The summed E-state index contributed by atoms with van der Waals surface area (Å²) in [5.41, 5.74) is 1.06. The van der Waals surface area contributed by atoms with Gasteiger partial charge in [0.05, 0.1) is 7.11 Å². The van der Waals surface area contributed by atoms with Crippen LogP contribution in [0.25, 0.3) is 10.8 Å². The molecule has 0 atom stereocenters. The number of fused-ring (bicyclic) bond motifs is 1. The Morgan fingerprint density at radius 2 is 1.77 bits per heavy atom. The molecule has 0 radical (unpaired) electrons. The molecule has 0 aliphatic rings. The number of aromatic nitrogens is 2. The predicted octanol–water partition coefficient (Wildman–Crippen LogP) is 4.91. The minimum Gasteiger partial charge on any atom is -0.481 e.